The molecule has 1 aromatic rings. The second-order valence-electron chi connectivity index (χ2n) is 4.94. The van der Waals surface area contributed by atoms with Crippen LogP contribution in [0.3, 0.4) is 0 Å². The van der Waals surface area contributed by atoms with Gasteiger partial charge in [0.05, 0.1) is 0 Å². The van der Waals surface area contributed by atoms with E-state index < -0.39 is 0 Å². The van der Waals surface area contributed by atoms with Crippen LogP contribution in [-0.2, 0) is 6.42 Å². The SMILES string of the molecule is C=C(/C=C\Cc1ccccn1)C(=C)/C=C\C(C)CN=CC. The van der Waals surface area contributed by atoms with E-state index in [1.54, 1.807) is 6.20 Å². The summed E-state index contributed by atoms with van der Waals surface area (Å²) in [4.78, 5) is 8.51. The molecule has 0 aliphatic rings. The van der Waals surface area contributed by atoms with Gasteiger partial charge in [-0.3, -0.25) is 9.98 Å². The second-order valence-corrected chi connectivity index (χ2v) is 4.94. The van der Waals surface area contributed by atoms with E-state index in [-0.39, 0.29) is 0 Å². The molecule has 0 fully saturated rings. The Morgan fingerprint density at radius 1 is 1.29 bits per heavy atom. The number of rotatable bonds is 8. The summed E-state index contributed by atoms with van der Waals surface area (Å²) in [5.74, 6) is 0.406. The highest BCUT2D eigenvalue weighted by atomic mass is 14.7. The Balaban J connectivity index is 2.44. The molecule has 1 rings (SSSR count). The first-order valence-electron chi connectivity index (χ1n) is 7.20. The van der Waals surface area contributed by atoms with Gasteiger partial charge in [0.1, 0.15) is 0 Å². The molecule has 1 aromatic heterocycles. The number of aliphatic imine (C=N–C) groups is 1. The first kappa shape index (κ1) is 16.8. The zero-order valence-electron chi connectivity index (χ0n) is 13.0. The van der Waals surface area contributed by atoms with Crippen LogP contribution in [0, 0.1) is 5.92 Å². The molecule has 0 aliphatic carbocycles. The summed E-state index contributed by atoms with van der Waals surface area (Å²) in [6.45, 7) is 13.0. The lowest BCUT2D eigenvalue weighted by Gasteiger charge is -2.03. The summed E-state index contributed by atoms with van der Waals surface area (Å²) in [5, 5.41) is 0. The molecule has 0 aromatic carbocycles. The number of allylic oxidation sites excluding steroid dienone is 5. The van der Waals surface area contributed by atoms with Crippen molar-refractivity contribution in [2.75, 3.05) is 6.54 Å². The van der Waals surface area contributed by atoms with Crippen LogP contribution in [0.1, 0.15) is 19.5 Å². The van der Waals surface area contributed by atoms with Gasteiger partial charge in [-0.1, -0.05) is 50.5 Å². The molecule has 0 spiro atoms. The third-order valence-electron chi connectivity index (χ3n) is 2.99. The third-order valence-corrected chi connectivity index (χ3v) is 2.99. The Hall–Kier alpha value is -2.22. The Morgan fingerprint density at radius 3 is 2.71 bits per heavy atom. The Labute approximate surface area is 128 Å². The molecule has 1 atom stereocenters. The van der Waals surface area contributed by atoms with Crippen LogP contribution in [0.5, 0.6) is 0 Å². The molecule has 0 saturated heterocycles. The number of nitrogens with zero attached hydrogens (tertiary/aromatic N) is 2. The Bertz CT molecular complexity index is 536. The van der Waals surface area contributed by atoms with Gasteiger partial charge in [0.2, 0.25) is 0 Å². The summed E-state index contributed by atoms with van der Waals surface area (Å²) in [5.41, 5.74) is 2.90. The van der Waals surface area contributed by atoms with Crippen molar-refractivity contribution in [3.63, 3.8) is 0 Å². The molecule has 2 heteroatoms. The predicted molar refractivity (Wildman–Crippen MR) is 92.7 cm³/mol. The Morgan fingerprint density at radius 2 is 2.05 bits per heavy atom. The second kappa shape index (κ2) is 9.65. The molecule has 0 bridgehead atoms. The average Bonchev–Trinajstić information content (AvgIpc) is 2.51. The zero-order valence-corrected chi connectivity index (χ0v) is 13.0. The molecule has 2 nitrogen and oxygen atoms in total. The molecule has 110 valence electrons. The average molecular weight is 280 g/mol. The molecule has 0 N–H and O–H groups in total. The van der Waals surface area contributed by atoms with E-state index in [2.05, 4.69) is 42.2 Å². The van der Waals surface area contributed by atoms with E-state index in [4.69, 9.17) is 0 Å². The highest BCUT2D eigenvalue weighted by Crippen LogP contribution is 2.11. The molecule has 0 amide bonds. The van der Waals surface area contributed by atoms with E-state index in [9.17, 15) is 0 Å². The number of hydrogen-bond donors (Lipinski definition) is 0. The van der Waals surface area contributed by atoms with Gasteiger partial charge in [-0.05, 0) is 42.3 Å². The van der Waals surface area contributed by atoms with Gasteiger partial charge in [-0.2, -0.15) is 0 Å². The summed E-state index contributed by atoms with van der Waals surface area (Å²) >= 11 is 0. The maximum atomic E-state index is 4.28. The fourth-order valence-corrected chi connectivity index (χ4v) is 1.67. The number of hydrogen-bond acceptors (Lipinski definition) is 2. The lowest BCUT2D eigenvalue weighted by molar-refractivity contribution is 0.743. The van der Waals surface area contributed by atoms with Crippen molar-refractivity contribution >= 4 is 6.21 Å². The van der Waals surface area contributed by atoms with Crippen molar-refractivity contribution in [2.45, 2.75) is 20.3 Å². The van der Waals surface area contributed by atoms with Gasteiger partial charge in [-0.15, -0.1) is 0 Å². The minimum atomic E-state index is 0.406. The van der Waals surface area contributed by atoms with Gasteiger partial charge < -0.3 is 0 Å². The quantitative estimate of drug-likeness (QED) is 0.505. The van der Waals surface area contributed by atoms with Gasteiger partial charge >= 0.3 is 0 Å². The Kier molecular flexibility index (Phi) is 7.73. The zero-order chi connectivity index (χ0) is 15.5. The fourth-order valence-electron chi connectivity index (χ4n) is 1.67. The highest BCUT2D eigenvalue weighted by Gasteiger charge is 1.96. The maximum absolute atomic E-state index is 4.28. The van der Waals surface area contributed by atoms with Crippen LogP contribution in [0.25, 0.3) is 0 Å². The van der Waals surface area contributed by atoms with Gasteiger partial charge in [0.15, 0.2) is 0 Å². The van der Waals surface area contributed by atoms with Crippen molar-refractivity contribution in [1.29, 1.82) is 0 Å². The van der Waals surface area contributed by atoms with E-state index in [0.29, 0.717) is 5.92 Å². The molecule has 21 heavy (non-hydrogen) atoms. The first-order valence-corrected chi connectivity index (χ1v) is 7.20. The van der Waals surface area contributed by atoms with Gasteiger partial charge in [0.25, 0.3) is 0 Å². The van der Waals surface area contributed by atoms with E-state index >= 15 is 0 Å². The predicted octanol–water partition coefficient (Wildman–Crippen LogP) is 4.58. The standard InChI is InChI=1S/C19H24N2/c1-5-20-15-16(2)12-13-18(4)17(3)9-8-11-19-10-6-7-14-21-19/h5-10,12-14,16H,3-4,11,15H2,1-2H3/b9-8-,13-12-,20-5?. The summed E-state index contributed by atoms with van der Waals surface area (Å²) in [6, 6.07) is 5.92. The summed E-state index contributed by atoms with van der Waals surface area (Å²) in [7, 11) is 0. The van der Waals surface area contributed by atoms with E-state index in [1.807, 2.05) is 43.5 Å². The summed E-state index contributed by atoms with van der Waals surface area (Å²) in [6.07, 6.45) is 12.6. The number of pyridine rings is 1. The van der Waals surface area contributed by atoms with Crippen LogP contribution in [0.15, 0.2) is 78.0 Å². The highest BCUT2D eigenvalue weighted by molar-refractivity contribution is 5.53. The van der Waals surface area contributed by atoms with Gasteiger partial charge in [0, 0.05) is 24.9 Å². The van der Waals surface area contributed by atoms with Gasteiger partial charge in [-0.25, -0.2) is 0 Å². The maximum Gasteiger partial charge on any atom is 0.0445 e. The van der Waals surface area contributed by atoms with Crippen molar-refractivity contribution in [2.24, 2.45) is 10.9 Å². The minimum Gasteiger partial charge on any atom is -0.297 e. The van der Waals surface area contributed by atoms with Crippen LogP contribution in [0.2, 0.25) is 0 Å². The molecule has 0 radical (unpaired) electrons. The normalized spacial score (nSPS) is 13.2. The van der Waals surface area contributed by atoms with Crippen LogP contribution >= 0.6 is 0 Å². The van der Waals surface area contributed by atoms with Crippen molar-refractivity contribution in [3.05, 3.63) is 78.7 Å². The molecule has 1 unspecified atom stereocenters. The lowest BCUT2D eigenvalue weighted by atomic mass is 10.1. The molecular weight excluding hydrogens is 256 g/mol. The molecule has 1 heterocycles. The van der Waals surface area contributed by atoms with Crippen LogP contribution < -0.4 is 0 Å². The van der Waals surface area contributed by atoms with Crippen molar-refractivity contribution in [1.82, 2.24) is 4.98 Å². The minimum absolute atomic E-state index is 0.406. The molecular formula is C19H24N2. The van der Waals surface area contributed by atoms with E-state index in [1.165, 1.54) is 0 Å². The lowest BCUT2D eigenvalue weighted by Crippen LogP contribution is -1.94. The van der Waals surface area contributed by atoms with Crippen LogP contribution in [-0.4, -0.2) is 17.7 Å². The molecule has 0 saturated carbocycles. The fraction of sp³-hybridized carbons (Fsp3) is 0.263. The van der Waals surface area contributed by atoms with Crippen LogP contribution in [0.4, 0.5) is 0 Å². The van der Waals surface area contributed by atoms with Crippen molar-refractivity contribution < 1.29 is 0 Å². The number of aromatic nitrogens is 1. The summed E-state index contributed by atoms with van der Waals surface area (Å²) < 4.78 is 0. The molecule has 0 aliphatic heterocycles. The smallest absolute Gasteiger partial charge is 0.0445 e. The topological polar surface area (TPSA) is 25.2 Å². The van der Waals surface area contributed by atoms with Crippen molar-refractivity contribution in [3.8, 4) is 0 Å². The third kappa shape index (κ3) is 7.21. The van der Waals surface area contributed by atoms with E-state index in [0.717, 1.165) is 29.8 Å². The first-order chi connectivity index (χ1) is 10.1. The largest absolute Gasteiger partial charge is 0.297 e. The monoisotopic (exact) mass is 280 g/mol.